The summed E-state index contributed by atoms with van der Waals surface area (Å²) in [4.78, 5) is 16.4. The van der Waals surface area contributed by atoms with E-state index < -0.39 is 0 Å². The van der Waals surface area contributed by atoms with Gasteiger partial charge in [-0.05, 0) is 17.5 Å². The molecule has 4 nitrogen and oxygen atoms in total. The van der Waals surface area contributed by atoms with E-state index in [2.05, 4.69) is 60.4 Å². The molecule has 0 aromatic heterocycles. The number of ether oxygens (including phenoxy) is 1. The fraction of sp³-hybridized carbons (Fsp3) is 0.435. The first-order valence-corrected chi connectivity index (χ1v) is 9.99. The lowest BCUT2D eigenvalue weighted by Crippen LogP contribution is -2.49. The van der Waals surface area contributed by atoms with Crippen molar-refractivity contribution in [3.63, 3.8) is 0 Å². The van der Waals surface area contributed by atoms with E-state index in [0.717, 1.165) is 39.1 Å². The van der Waals surface area contributed by atoms with Crippen LogP contribution in [0.25, 0.3) is 0 Å². The van der Waals surface area contributed by atoms with Crippen LogP contribution in [0.15, 0.2) is 60.7 Å². The largest absolute Gasteiger partial charge is 0.367 e. The molecule has 1 fully saturated rings. The van der Waals surface area contributed by atoms with Crippen molar-refractivity contribution in [1.82, 2.24) is 9.80 Å². The Morgan fingerprint density at radius 3 is 1.96 bits per heavy atom. The topological polar surface area (TPSA) is 32.8 Å². The summed E-state index contributed by atoms with van der Waals surface area (Å²) in [6, 6.07) is 20.8. The molecule has 0 aliphatic carbocycles. The molecular weight excluding hydrogens is 372 g/mol. The highest BCUT2D eigenvalue weighted by atomic mass is 35.5. The van der Waals surface area contributed by atoms with E-state index >= 15 is 0 Å². The van der Waals surface area contributed by atoms with Crippen molar-refractivity contribution >= 4 is 18.3 Å². The zero-order valence-corrected chi connectivity index (χ0v) is 17.4. The Balaban J connectivity index is 0.00000280. The molecule has 5 heteroatoms. The zero-order valence-electron chi connectivity index (χ0n) is 16.6. The fourth-order valence-electron chi connectivity index (χ4n) is 3.53. The quantitative estimate of drug-likeness (QED) is 0.664. The van der Waals surface area contributed by atoms with Crippen LogP contribution in [0.5, 0.6) is 0 Å². The monoisotopic (exact) mass is 402 g/mol. The standard InChI is InChI=1S/C23H30N2O2.ClH/c1-2-9-22(26)25-16-14-24(15-17-25)18-19-27-23(20-10-5-3-6-11-20)21-12-7-4-8-13-21;/h3-8,10-13,23H,2,9,14-19H2,1H3;1H. The third kappa shape index (κ3) is 6.33. The maximum absolute atomic E-state index is 12.0. The molecule has 2 aromatic rings. The Bertz CT molecular complexity index is 649. The van der Waals surface area contributed by atoms with E-state index in [9.17, 15) is 4.79 Å². The normalized spacial score (nSPS) is 14.7. The van der Waals surface area contributed by atoms with Crippen molar-refractivity contribution in [2.45, 2.75) is 25.9 Å². The number of benzene rings is 2. The zero-order chi connectivity index (χ0) is 18.9. The molecule has 0 radical (unpaired) electrons. The Labute approximate surface area is 174 Å². The summed E-state index contributed by atoms with van der Waals surface area (Å²) in [5, 5.41) is 0. The molecule has 1 aliphatic rings. The predicted molar refractivity (Wildman–Crippen MR) is 116 cm³/mol. The van der Waals surface area contributed by atoms with E-state index in [1.807, 2.05) is 17.0 Å². The highest BCUT2D eigenvalue weighted by Crippen LogP contribution is 2.25. The Morgan fingerprint density at radius 1 is 0.929 bits per heavy atom. The minimum absolute atomic E-state index is 0. The highest BCUT2D eigenvalue weighted by molar-refractivity contribution is 5.85. The van der Waals surface area contributed by atoms with Gasteiger partial charge in [0.25, 0.3) is 0 Å². The van der Waals surface area contributed by atoms with Crippen LogP contribution in [-0.2, 0) is 9.53 Å². The molecule has 0 spiro atoms. The summed E-state index contributed by atoms with van der Waals surface area (Å²) in [7, 11) is 0. The number of halogens is 1. The average molecular weight is 403 g/mol. The van der Waals surface area contributed by atoms with E-state index in [1.165, 1.54) is 11.1 Å². The first kappa shape index (κ1) is 22.4. The summed E-state index contributed by atoms with van der Waals surface area (Å²) in [5.74, 6) is 0.293. The molecule has 1 aliphatic heterocycles. The Kier molecular flexibility index (Phi) is 9.48. The van der Waals surface area contributed by atoms with Crippen molar-refractivity contribution < 1.29 is 9.53 Å². The number of amides is 1. The summed E-state index contributed by atoms with van der Waals surface area (Å²) >= 11 is 0. The van der Waals surface area contributed by atoms with Crippen molar-refractivity contribution in [2.75, 3.05) is 39.3 Å². The van der Waals surface area contributed by atoms with E-state index in [1.54, 1.807) is 0 Å². The molecule has 152 valence electrons. The van der Waals surface area contributed by atoms with Crippen molar-refractivity contribution in [1.29, 1.82) is 0 Å². The lowest BCUT2D eigenvalue weighted by atomic mass is 10.0. The number of hydrogen-bond donors (Lipinski definition) is 0. The van der Waals surface area contributed by atoms with Crippen LogP contribution in [0, 0.1) is 0 Å². The van der Waals surface area contributed by atoms with Gasteiger partial charge >= 0.3 is 0 Å². The Morgan fingerprint density at radius 2 is 1.46 bits per heavy atom. The second-order valence-corrected chi connectivity index (χ2v) is 7.04. The maximum Gasteiger partial charge on any atom is 0.222 e. The second kappa shape index (κ2) is 11.8. The third-order valence-electron chi connectivity index (χ3n) is 5.09. The van der Waals surface area contributed by atoms with Crippen LogP contribution in [0.4, 0.5) is 0 Å². The molecule has 0 bridgehead atoms. The molecule has 0 atom stereocenters. The molecule has 1 saturated heterocycles. The average Bonchev–Trinajstić information content (AvgIpc) is 2.73. The fourth-order valence-corrected chi connectivity index (χ4v) is 3.53. The van der Waals surface area contributed by atoms with Crippen molar-refractivity contribution in [2.24, 2.45) is 0 Å². The van der Waals surface area contributed by atoms with Gasteiger partial charge in [0.2, 0.25) is 5.91 Å². The Hall–Kier alpha value is -1.88. The highest BCUT2D eigenvalue weighted by Gasteiger charge is 2.21. The van der Waals surface area contributed by atoms with Gasteiger partial charge in [0.05, 0.1) is 6.61 Å². The number of piperazine rings is 1. The number of hydrogen-bond acceptors (Lipinski definition) is 3. The van der Waals surface area contributed by atoms with Crippen molar-refractivity contribution in [3.05, 3.63) is 71.8 Å². The predicted octanol–water partition coefficient (Wildman–Crippen LogP) is 4.16. The molecule has 1 amide bonds. The summed E-state index contributed by atoms with van der Waals surface area (Å²) < 4.78 is 6.31. The second-order valence-electron chi connectivity index (χ2n) is 7.04. The number of nitrogens with zero attached hydrogens (tertiary/aromatic N) is 2. The summed E-state index contributed by atoms with van der Waals surface area (Å²) in [6.07, 6.45) is 1.55. The SMILES string of the molecule is CCCC(=O)N1CCN(CCOC(c2ccccc2)c2ccccc2)CC1.Cl. The minimum Gasteiger partial charge on any atom is -0.367 e. The van der Waals surface area contributed by atoms with Crippen molar-refractivity contribution in [3.8, 4) is 0 Å². The third-order valence-corrected chi connectivity index (χ3v) is 5.09. The molecule has 0 N–H and O–H groups in total. The van der Waals surface area contributed by atoms with Gasteiger partial charge < -0.3 is 9.64 Å². The van der Waals surface area contributed by atoms with Crippen LogP contribution in [0.2, 0.25) is 0 Å². The molecule has 1 heterocycles. The van der Waals surface area contributed by atoms with Gasteiger partial charge in [0.15, 0.2) is 0 Å². The van der Waals surface area contributed by atoms with Crippen LogP contribution >= 0.6 is 12.4 Å². The lowest BCUT2D eigenvalue weighted by Gasteiger charge is -2.35. The number of carbonyl (C=O) groups is 1. The lowest BCUT2D eigenvalue weighted by molar-refractivity contribution is -0.133. The van der Waals surface area contributed by atoms with Gasteiger partial charge in [0.1, 0.15) is 6.10 Å². The van der Waals surface area contributed by atoms with Crippen LogP contribution in [-0.4, -0.2) is 55.0 Å². The molecule has 28 heavy (non-hydrogen) atoms. The first-order valence-electron chi connectivity index (χ1n) is 9.99. The summed E-state index contributed by atoms with van der Waals surface area (Å²) in [6.45, 7) is 7.16. The maximum atomic E-state index is 12.0. The van der Waals surface area contributed by atoms with Gasteiger partial charge in [-0.15, -0.1) is 12.4 Å². The van der Waals surface area contributed by atoms with E-state index in [-0.39, 0.29) is 18.5 Å². The molecule has 3 rings (SSSR count). The van der Waals surface area contributed by atoms with Crippen LogP contribution < -0.4 is 0 Å². The van der Waals surface area contributed by atoms with Crippen LogP contribution in [0.1, 0.15) is 37.0 Å². The van der Waals surface area contributed by atoms with E-state index in [4.69, 9.17) is 4.74 Å². The molecule has 0 saturated carbocycles. The molecular formula is C23H31ClN2O2. The minimum atomic E-state index is -0.0418. The summed E-state index contributed by atoms with van der Waals surface area (Å²) in [5.41, 5.74) is 2.36. The van der Waals surface area contributed by atoms with Crippen LogP contribution in [0.3, 0.4) is 0 Å². The number of carbonyl (C=O) groups excluding carboxylic acids is 1. The smallest absolute Gasteiger partial charge is 0.222 e. The van der Waals surface area contributed by atoms with Gasteiger partial charge in [0, 0.05) is 39.1 Å². The van der Waals surface area contributed by atoms with Gasteiger partial charge in [-0.1, -0.05) is 67.6 Å². The number of rotatable bonds is 8. The molecule has 2 aromatic carbocycles. The van der Waals surface area contributed by atoms with Gasteiger partial charge in [-0.2, -0.15) is 0 Å². The van der Waals surface area contributed by atoms with Gasteiger partial charge in [-0.3, -0.25) is 9.69 Å². The molecule has 0 unspecified atom stereocenters. The van der Waals surface area contributed by atoms with E-state index in [0.29, 0.717) is 18.9 Å². The van der Waals surface area contributed by atoms with Gasteiger partial charge in [-0.25, -0.2) is 0 Å². The first-order chi connectivity index (χ1) is 13.3.